The molecule has 0 radical (unpaired) electrons. The SMILES string of the molecule is CC(C)=O.CCCCCCCCCCOc1cc2c(OC)cc1Cc1cc(OC)c(cc1OC)Cc1cc(OC)c(cc1OC)Cc1cc(OC)c(cc1OC)Cc1cc(OC)c(cc1OC)C2. The van der Waals surface area contributed by atoms with Crippen molar-refractivity contribution in [3.63, 3.8) is 0 Å². The summed E-state index contributed by atoms with van der Waals surface area (Å²) in [6, 6.07) is 20.6. The number of carbonyl (C=O) groups excluding carboxylic acids is 1. The first kappa shape index (κ1) is 52.7. The quantitative estimate of drug-likeness (QED) is 0.0724. The fourth-order valence-electron chi connectivity index (χ4n) is 8.89. The maximum absolute atomic E-state index is 9.44. The van der Waals surface area contributed by atoms with Crippen LogP contribution in [-0.2, 0) is 36.9 Å². The lowest BCUT2D eigenvalue weighted by atomic mass is 9.94. The fraction of sp³-hybridized carbons (Fsp3) is 0.456. The molecule has 0 heterocycles. The minimum absolute atomic E-state index is 0.167. The van der Waals surface area contributed by atoms with Gasteiger partial charge in [0.2, 0.25) is 0 Å². The highest BCUT2D eigenvalue weighted by atomic mass is 16.5. The van der Waals surface area contributed by atoms with Gasteiger partial charge in [0.15, 0.2) is 0 Å². The monoisotopic (exact) mass is 935 g/mol. The first-order valence-electron chi connectivity index (χ1n) is 23.7. The van der Waals surface area contributed by atoms with Crippen LogP contribution in [0, 0.1) is 0 Å². The molecule has 0 fully saturated rings. The van der Waals surface area contributed by atoms with E-state index in [1.807, 2.05) is 24.3 Å². The Balaban J connectivity index is 0.00000208. The Hall–Kier alpha value is -6.23. The minimum Gasteiger partial charge on any atom is -0.496 e. The molecule has 11 nitrogen and oxygen atoms in total. The average Bonchev–Trinajstić information content (AvgIpc) is 3.34. The molecule has 5 aromatic carbocycles. The van der Waals surface area contributed by atoms with Gasteiger partial charge in [-0.1, -0.05) is 51.9 Å². The summed E-state index contributed by atoms with van der Waals surface area (Å²) >= 11 is 0. The van der Waals surface area contributed by atoms with Crippen LogP contribution < -0.4 is 47.4 Å². The molecule has 0 saturated carbocycles. The van der Waals surface area contributed by atoms with Crippen molar-refractivity contribution in [1.82, 2.24) is 0 Å². The summed E-state index contributed by atoms with van der Waals surface area (Å²) in [5, 5.41) is 0. The van der Waals surface area contributed by atoms with Crippen molar-refractivity contribution in [2.24, 2.45) is 0 Å². The third kappa shape index (κ3) is 13.7. The van der Waals surface area contributed by atoms with Crippen LogP contribution in [0.15, 0.2) is 60.7 Å². The number of methoxy groups -OCH3 is 9. The van der Waals surface area contributed by atoms with Gasteiger partial charge in [0.05, 0.1) is 70.6 Å². The summed E-state index contributed by atoms with van der Waals surface area (Å²) in [5.74, 6) is 7.55. The average molecular weight is 935 g/mol. The summed E-state index contributed by atoms with van der Waals surface area (Å²) in [7, 11) is 15.3. The highest BCUT2D eigenvalue weighted by Gasteiger charge is 2.23. The molecule has 15 rings (SSSR count). The molecule has 11 heteroatoms. The fourth-order valence-corrected chi connectivity index (χ4v) is 8.89. The van der Waals surface area contributed by atoms with Gasteiger partial charge in [0, 0.05) is 87.7 Å². The summed E-state index contributed by atoms with van der Waals surface area (Å²) in [4.78, 5) is 9.44. The molecule has 0 amide bonds. The first-order valence-corrected chi connectivity index (χ1v) is 23.7. The zero-order valence-corrected chi connectivity index (χ0v) is 42.7. The van der Waals surface area contributed by atoms with E-state index in [9.17, 15) is 4.79 Å². The van der Waals surface area contributed by atoms with Crippen molar-refractivity contribution in [1.29, 1.82) is 0 Å². The summed E-state index contributed by atoms with van der Waals surface area (Å²) in [6.07, 6.45) is 12.3. The van der Waals surface area contributed by atoms with Crippen LogP contribution in [0.2, 0.25) is 0 Å². The number of Topliss-reactive ketones (excluding diaryl/α,β-unsaturated/α-hetero) is 1. The third-order valence-corrected chi connectivity index (χ3v) is 12.4. The van der Waals surface area contributed by atoms with Crippen molar-refractivity contribution in [3.05, 3.63) is 116 Å². The number of unbranched alkanes of at least 4 members (excludes halogenated alkanes) is 7. The number of ether oxygens (including phenoxy) is 10. The molecule has 10 aliphatic carbocycles. The van der Waals surface area contributed by atoms with Gasteiger partial charge in [-0.05, 0) is 80.9 Å². The van der Waals surface area contributed by atoms with Gasteiger partial charge in [-0.3, -0.25) is 0 Å². The number of ketones is 1. The van der Waals surface area contributed by atoms with Gasteiger partial charge in [-0.25, -0.2) is 0 Å². The molecule has 0 spiro atoms. The molecule has 0 unspecified atom stereocenters. The third-order valence-electron chi connectivity index (χ3n) is 12.4. The van der Waals surface area contributed by atoms with Gasteiger partial charge >= 0.3 is 0 Å². The molecule has 0 aliphatic heterocycles. The smallest absolute Gasteiger partial charge is 0.126 e. The van der Waals surface area contributed by atoms with Crippen LogP contribution in [0.4, 0.5) is 0 Å². The summed E-state index contributed by atoms with van der Waals surface area (Å²) in [6.45, 7) is 5.92. The standard InChI is InChI=1S/C54H68O10.C3H6O/c1-11-12-13-14-15-16-17-18-19-64-54-34-43-23-41-31-49(59-6)39(29-50(41)60-7)21-37-27-45(55-2)35(25-46(37)56-3)20-36-26-48(58-5)38(28-47(36)57-4)22-40-30-52(62-9)42(32-51(40)61-8)24-44(54)33-53(43)63-10;1-3(2)4/h25-34H,11-24H2,1-10H3;1-2H3. The van der Waals surface area contributed by atoms with Crippen LogP contribution in [0.5, 0.6) is 57.5 Å². The van der Waals surface area contributed by atoms with Crippen molar-refractivity contribution in [2.75, 3.05) is 70.6 Å². The lowest BCUT2D eigenvalue weighted by Gasteiger charge is -2.20. The lowest BCUT2D eigenvalue weighted by molar-refractivity contribution is -0.115. The van der Waals surface area contributed by atoms with Crippen LogP contribution in [0.25, 0.3) is 0 Å². The van der Waals surface area contributed by atoms with Crippen LogP contribution in [-0.4, -0.2) is 76.4 Å². The molecule has 0 N–H and O–H groups in total. The summed E-state index contributed by atoms with van der Waals surface area (Å²) < 4.78 is 61.4. The molecule has 0 saturated heterocycles. The van der Waals surface area contributed by atoms with E-state index < -0.39 is 0 Å². The molecule has 368 valence electrons. The number of benzene rings is 5. The van der Waals surface area contributed by atoms with E-state index in [4.69, 9.17) is 47.4 Å². The number of carbonyl (C=O) groups is 1. The maximum atomic E-state index is 9.44. The molecular formula is C57H74O11. The second-order valence-electron chi connectivity index (χ2n) is 17.3. The number of hydrogen-bond acceptors (Lipinski definition) is 11. The highest BCUT2D eigenvalue weighted by molar-refractivity contribution is 5.72. The largest absolute Gasteiger partial charge is 0.496 e. The van der Waals surface area contributed by atoms with E-state index in [2.05, 4.69) is 43.3 Å². The molecular weight excluding hydrogens is 861 g/mol. The summed E-state index contributed by atoms with van der Waals surface area (Å²) in [5.41, 5.74) is 9.48. The van der Waals surface area contributed by atoms with E-state index in [0.717, 1.165) is 126 Å². The molecule has 68 heavy (non-hydrogen) atoms. The van der Waals surface area contributed by atoms with Crippen molar-refractivity contribution >= 4 is 5.78 Å². The van der Waals surface area contributed by atoms with Crippen molar-refractivity contribution in [3.8, 4) is 57.5 Å². The zero-order valence-electron chi connectivity index (χ0n) is 42.7. The van der Waals surface area contributed by atoms with E-state index >= 15 is 0 Å². The van der Waals surface area contributed by atoms with Crippen molar-refractivity contribution < 1.29 is 52.2 Å². The first-order chi connectivity index (χ1) is 33.0. The van der Waals surface area contributed by atoms with Gasteiger partial charge < -0.3 is 52.2 Å². The molecule has 10 aliphatic rings. The van der Waals surface area contributed by atoms with Crippen LogP contribution in [0.3, 0.4) is 0 Å². The van der Waals surface area contributed by atoms with Gasteiger partial charge in [-0.2, -0.15) is 0 Å². The number of hydrogen-bond donors (Lipinski definition) is 0. The predicted octanol–water partition coefficient (Wildman–Crippen LogP) is 12.1. The van der Waals surface area contributed by atoms with Gasteiger partial charge in [0.1, 0.15) is 63.3 Å². The van der Waals surface area contributed by atoms with Gasteiger partial charge in [-0.15, -0.1) is 0 Å². The lowest BCUT2D eigenvalue weighted by Crippen LogP contribution is -2.06. The van der Waals surface area contributed by atoms with E-state index in [-0.39, 0.29) is 5.78 Å². The Labute approximate surface area is 405 Å². The zero-order chi connectivity index (χ0) is 49.2. The van der Waals surface area contributed by atoms with Crippen molar-refractivity contribution in [2.45, 2.75) is 104 Å². The Bertz CT molecular complexity index is 2430. The van der Waals surface area contributed by atoms with E-state index in [1.165, 1.54) is 52.4 Å². The highest BCUT2D eigenvalue weighted by Crippen LogP contribution is 2.42. The Kier molecular flexibility index (Phi) is 20.4. The Morgan fingerprint density at radius 2 is 0.500 bits per heavy atom. The van der Waals surface area contributed by atoms with E-state index in [1.54, 1.807) is 64.0 Å². The molecule has 10 bridgehead atoms. The second-order valence-corrected chi connectivity index (χ2v) is 17.3. The molecule has 0 atom stereocenters. The molecule has 5 aromatic rings. The Morgan fingerprint density at radius 1 is 0.324 bits per heavy atom. The normalized spacial score (nSPS) is 11.8. The second kappa shape index (κ2) is 26.3. The minimum atomic E-state index is 0.167. The molecule has 0 aromatic heterocycles. The van der Waals surface area contributed by atoms with Gasteiger partial charge in [0.25, 0.3) is 0 Å². The Morgan fingerprint density at radius 3 is 0.706 bits per heavy atom. The van der Waals surface area contributed by atoms with Crippen LogP contribution >= 0.6 is 0 Å². The predicted molar refractivity (Wildman–Crippen MR) is 270 cm³/mol. The number of rotatable bonds is 19. The topological polar surface area (TPSA) is 109 Å². The maximum Gasteiger partial charge on any atom is 0.126 e. The van der Waals surface area contributed by atoms with Crippen LogP contribution in [0.1, 0.15) is 128 Å². The van der Waals surface area contributed by atoms with E-state index in [0.29, 0.717) is 38.7 Å².